The molecule has 1 aromatic carbocycles. The number of ether oxygens (including phenoxy) is 1. The molecule has 6 nitrogen and oxygen atoms in total. The number of aromatic nitrogens is 1. The highest BCUT2D eigenvalue weighted by atomic mass is 32.1. The van der Waals surface area contributed by atoms with Crippen LogP contribution in [0.2, 0.25) is 0 Å². The first kappa shape index (κ1) is 21.1. The molecule has 1 atom stereocenters. The lowest BCUT2D eigenvalue weighted by atomic mass is 9.93. The molecule has 0 bridgehead atoms. The van der Waals surface area contributed by atoms with Gasteiger partial charge in [0.15, 0.2) is 5.75 Å². The monoisotopic (exact) mass is 460 g/mol. The van der Waals surface area contributed by atoms with Gasteiger partial charge < -0.3 is 19.7 Å². The number of aromatic carboxylic acids is 1. The summed E-state index contributed by atoms with van der Waals surface area (Å²) in [4.78, 5) is 26.5. The molecule has 1 unspecified atom stereocenters. The molecule has 0 aliphatic heterocycles. The van der Waals surface area contributed by atoms with Gasteiger partial charge in [-0.15, -0.1) is 11.3 Å². The fourth-order valence-corrected chi connectivity index (χ4v) is 5.89. The van der Waals surface area contributed by atoms with Crippen molar-refractivity contribution in [2.45, 2.75) is 50.8 Å². The normalized spacial score (nSPS) is 18.2. The maximum absolute atomic E-state index is 13.5. The Kier molecular flexibility index (Phi) is 5.25. The topological polar surface area (TPSA) is 80.6 Å². The first-order chi connectivity index (χ1) is 15.4. The summed E-state index contributed by atoms with van der Waals surface area (Å²) in [6.07, 6.45) is 5.83. The van der Waals surface area contributed by atoms with Crippen molar-refractivity contribution >= 4 is 28.2 Å². The second-order valence-corrected chi connectivity index (χ2v) is 9.39. The molecule has 0 saturated heterocycles. The van der Waals surface area contributed by atoms with Crippen LogP contribution in [-0.2, 0) is 6.42 Å². The molecular formula is C23H22F2N2O4S. The highest BCUT2D eigenvalue weighted by Gasteiger charge is 2.31. The van der Waals surface area contributed by atoms with Crippen molar-refractivity contribution in [3.05, 3.63) is 50.6 Å². The number of rotatable bonds is 6. The van der Waals surface area contributed by atoms with Crippen LogP contribution in [0, 0.1) is 0 Å². The molecule has 2 heterocycles. The molecule has 32 heavy (non-hydrogen) atoms. The molecule has 0 radical (unpaired) electrons. The second-order valence-electron chi connectivity index (χ2n) is 8.26. The summed E-state index contributed by atoms with van der Waals surface area (Å²) < 4.78 is 33.7. The number of pyridine rings is 1. The Hall–Kier alpha value is -2.78. The van der Waals surface area contributed by atoms with Crippen molar-refractivity contribution in [3.8, 4) is 16.2 Å². The van der Waals surface area contributed by atoms with E-state index >= 15 is 0 Å². The van der Waals surface area contributed by atoms with Gasteiger partial charge in [-0.2, -0.15) is 8.78 Å². The third-order valence-corrected chi connectivity index (χ3v) is 7.50. The van der Waals surface area contributed by atoms with Gasteiger partial charge in [-0.25, -0.2) is 4.79 Å². The fourth-order valence-electron chi connectivity index (χ4n) is 4.60. The van der Waals surface area contributed by atoms with Gasteiger partial charge in [-0.05, 0) is 62.9 Å². The van der Waals surface area contributed by atoms with Crippen molar-refractivity contribution < 1.29 is 23.4 Å². The van der Waals surface area contributed by atoms with Gasteiger partial charge in [0.1, 0.15) is 5.56 Å². The summed E-state index contributed by atoms with van der Waals surface area (Å²) in [6, 6.07) is 5.31. The molecule has 2 aliphatic rings. The summed E-state index contributed by atoms with van der Waals surface area (Å²) in [6.45, 7) is -3.08. The molecular weight excluding hydrogens is 438 g/mol. The first-order valence-corrected chi connectivity index (χ1v) is 11.4. The lowest BCUT2D eigenvalue weighted by molar-refractivity contribution is -0.0486. The van der Waals surface area contributed by atoms with Crippen LogP contribution in [0.5, 0.6) is 5.75 Å². The van der Waals surface area contributed by atoms with E-state index in [9.17, 15) is 23.5 Å². The minimum absolute atomic E-state index is 0.0447. The highest BCUT2D eigenvalue weighted by molar-refractivity contribution is 7.15. The van der Waals surface area contributed by atoms with Gasteiger partial charge >= 0.3 is 12.6 Å². The van der Waals surface area contributed by atoms with Crippen molar-refractivity contribution in [3.63, 3.8) is 0 Å². The third kappa shape index (κ3) is 3.49. The second kappa shape index (κ2) is 7.97. The van der Waals surface area contributed by atoms with Gasteiger partial charge in [-0.1, -0.05) is 0 Å². The third-order valence-electron chi connectivity index (χ3n) is 6.25. The summed E-state index contributed by atoms with van der Waals surface area (Å²) in [5.74, 6) is -1.41. The lowest BCUT2D eigenvalue weighted by Gasteiger charge is -2.21. The van der Waals surface area contributed by atoms with E-state index in [2.05, 4.69) is 5.32 Å². The minimum atomic E-state index is -3.08. The van der Waals surface area contributed by atoms with Gasteiger partial charge in [-0.3, -0.25) is 4.79 Å². The van der Waals surface area contributed by atoms with E-state index < -0.39 is 18.0 Å². The van der Waals surface area contributed by atoms with Crippen molar-refractivity contribution in [1.29, 1.82) is 0 Å². The zero-order valence-electron chi connectivity index (χ0n) is 17.4. The van der Waals surface area contributed by atoms with Crippen LogP contribution in [0.3, 0.4) is 0 Å². The van der Waals surface area contributed by atoms with E-state index in [0.717, 1.165) is 37.0 Å². The van der Waals surface area contributed by atoms with Crippen LogP contribution in [0.4, 0.5) is 8.78 Å². The van der Waals surface area contributed by atoms with Crippen molar-refractivity contribution in [2.24, 2.45) is 0 Å². The number of fused-ring (bicyclic) bond motifs is 2. The molecule has 0 spiro atoms. The van der Waals surface area contributed by atoms with E-state index in [4.69, 9.17) is 4.74 Å². The number of hydrogen-bond acceptors (Lipinski definition) is 5. The number of benzene rings is 1. The van der Waals surface area contributed by atoms with E-state index in [1.165, 1.54) is 22.7 Å². The molecule has 2 N–H and O–H groups in total. The summed E-state index contributed by atoms with van der Waals surface area (Å²) in [5.41, 5.74) is 0.822. The number of carboxylic acid groups (broad SMARTS) is 1. The number of alkyl halides is 2. The van der Waals surface area contributed by atoms with Gasteiger partial charge in [0.05, 0.1) is 10.9 Å². The molecule has 1 fully saturated rings. The molecule has 1 saturated carbocycles. The molecule has 2 aliphatic carbocycles. The van der Waals surface area contributed by atoms with Gasteiger partial charge in [0.25, 0.3) is 0 Å². The van der Waals surface area contributed by atoms with E-state index in [0.29, 0.717) is 5.56 Å². The zero-order chi connectivity index (χ0) is 22.6. The quantitative estimate of drug-likeness (QED) is 0.543. The van der Waals surface area contributed by atoms with Crippen LogP contribution in [0.15, 0.2) is 29.2 Å². The van der Waals surface area contributed by atoms with Crippen LogP contribution < -0.4 is 15.5 Å². The van der Waals surface area contributed by atoms with E-state index in [1.54, 1.807) is 22.0 Å². The summed E-state index contributed by atoms with van der Waals surface area (Å²) >= 11 is 1.55. The van der Waals surface area contributed by atoms with Crippen LogP contribution >= 0.6 is 11.3 Å². The van der Waals surface area contributed by atoms with E-state index in [1.807, 2.05) is 13.1 Å². The maximum atomic E-state index is 13.5. The number of hydrogen-bond donors (Lipinski definition) is 2. The number of carboxylic acids is 1. The molecule has 5 rings (SSSR count). The maximum Gasteiger partial charge on any atom is 0.387 e. The minimum Gasteiger partial charge on any atom is -0.477 e. The lowest BCUT2D eigenvalue weighted by Crippen LogP contribution is -2.20. The predicted octanol–water partition coefficient (Wildman–Crippen LogP) is 4.96. The number of thiophene rings is 1. The van der Waals surface area contributed by atoms with E-state index in [-0.39, 0.29) is 34.3 Å². The van der Waals surface area contributed by atoms with Crippen LogP contribution in [0.1, 0.15) is 58.6 Å². The predicted molar refractivity (Wildman–Crippen MR) is 118 cm³/mol. The Labute approximate surface area is 186 Å². The summed E-state index contributed by atoms with van der Waals surface area (Å²) in [7, 11) is 1.91. The number of nitrogens with one attached hydrogen (secondary N) is 1. The zero-order valence-corrected chi connectivity index (χ0v) is 18.2. The Balaban J connectivity index is 1.79. The highest BCUT2D eigenvalue weighted by Crippen LogP contribution is 2.46. The SMILES string of the molecule is CNC1CCCc2sc(-c3ccc4c(=O)c(C(=O)O)cn(C5CC5)c4c3OC(F)F)cc21. The number of halogens is 2. The standard InChI is InChI=1S/C23H22F2N2O4S/c1-26-16-3-2-4-17-14(16)9-18(32-17)12-7-8-13-19(21(12)31-23(24)25)27(11-5-6-11)10-15(20(13)28)22(29)30/h7-11,16,23,26H,2-6H2,1H3,(H,29,30). The Morgan fingerprint density at radius 1 is 1.31 bits per heavy atom. The van der Waals surface area contributed by atoms with Gasteiger partial charge in [0.2, 0.25) is 5.43 Å². The molecule has 2 aromatic heterocycles. The Bertz CT molecular complexity index is 1280. The van der Waals surface area contributed by atoms with Crippen molar-refractivity contribution in [2.75, 3.05) is 7.05 Å². The molecule has 3 aromatic rings. The Morgan fingerprint density at radius 3 is 2.75 bits per heavy atom. The Morgan fingerprint density at radius 2 is 2.09 bits per heavy atom. The molecule has 168 valence electrons. The van der Waals surface area contributed by atoms with Crippen LogP contribution in [0.25, 0.3) is 21.3 Å². The molecule has 0 amide bonds. The number of carbonyl (C=O) groups is 1. The summed E-state index contributed by atoms with van der Waals surface area (Å²) in [5, 5.41) is 12.9. The fraction of sp³-hybridized carbons (Fsp3) is 0.391. The smallest absolute Gasteiger partial charge is 0.387 e. The van der Waals surface area contributed by atoms with Gasteiger partial charge in [0, 0.05) is 33.6 Å². The average molecular weight is 461 g/mol. The average Bonchev–Trinajstić information content (AvgIpc) is 3.51. The number of nitrogens with zero attached hydrogens (tertiary/aromatic N) is 1. The first-order valence-electron chi connectivity index (χ1n) is 10.6. The van der Waals surface area contributed by atoms with Crippen molar-refractivity contribution in [1.82, 2.24) is 9.88 Å². The number of aryl methyl sites for hydroxylation is 1. The molecule has 9 heteroatoms. The van der Waals surface area contributed by atoms with Crippen LogP contribution in [-0.4, -0.2) is 29.3 Å². The largest absolute Gasteiger partial charge is 0.477 e.